The Balaban J connectivity index is 3.44. The summed E-state index contributed by atoms with van der Waals surface area (Å²) in [4.78, 5) is 10.6. The number of ether oxygens (including phenoxy) is 2. The Kier molecular flexibility index (Phi) is 6.01. The lowest BCUT2D eigenvalue weighted by atomic mass is 10.4. The third kappa shape index (κ3) is 5.68. The summed E-state index contributed by atoms with van der Waals surface area (Å²) in [5.41, 5.74) is 0. The summed E-state index contributed by atoms with van der Waals surface area (Å²) >= 11 is 0. The van der Waals surface area contributed by atoms with Crippen LogP contribution in [0.5, 0.6) is 0 Å². The fourth-order valence-corrected chi connectivity index (χ4v) is 0.563. The van der Waals surface area contributed by atoms with Gasteiger partial charge in [0, 0.05) is 6.08 Å². The summed E-state index contributed by atoms with van der Waals surface area (Å²) in [5, 5.41) is 0. The fourth-order valence-electron chi connectivity index (χ4n) is 0.563. The largest absolute Gasteiger partial charge is 0.433 e. The van der Waals surface area contributed by atoms with E-state index in [4.69, 9.17) is 9.47 Å². The second kappa shape index (κ2) is 6.61. The lowest BCUT2D eigenvalue weighted by Crippen LogP contribution is -2.16. The van der Waals surface area contributed by atoms with Crippen molar-refractivity contribution in [2.75, 3.05) is 6.61 Å². The predicted octanol–water partition coefficient (Wildman–Crippen LogP) is 1.65. The van der Waals surface area contributed by atoms with Crippen LogP contribution in [0.3, 0.4) is 0 Å². The average Bonchev–Trinajstić information content (AvgIpc) is 2.05. The van der Waals surface area contributed by atoms with Crippen LogP contribution in [0.15, 0.2) is 25.3 Å². The summed E-state index contributed by atoms with van der Waals surface area (Å²) < 4.78 is 9.83. The minimum absolute atomic E-state index is 0.471. The van der Waals surface area contributed by atoms with Crippen molar-refractivity contribution in [1.29, 1.82) is 0 Å². The van der Waals surface area contributed by atoms with Crippen LogP contribution < -0.4 is 0 Å². The molecule has 0 fully saturated rings. The number of carbonyl (C=O) groups is 1. The summed E-state index contributed by atoms with van der Waals surface area (Å²) in [6, 6.07) is 0. The Labute approximate surface area is 72.7 Å². The number of carbonyl (C=O) groups excluding carboxylic acids is 1. The van der Waals surface area contributed by atoms with E-state index in [1.165, 1.54) is 0 Å². The Bertz CT molecular complexity index is 163. The maximum atomic E-state index is 10.6. The van der Waals surface area contributed by atoms with Crippen molar-refractivity contribution >= 4 is 5.97 Å². The van der Waals surface area contributed by atoms with Gasteiger partial charge in [-0.15, -0.1) is 6.58 Å². The van der Waals surface area contributed by atoms with E-state index in [9.17, 15) is 4.79 Å². The molecular formula is C9H14O3. The molecule has 0 radical (unpaired) electrons. The van der Waals surface area contributed by atoms with Crippen LogP contribution in [0.1, 0.15) is 13.3 Å². The minimum Gasteiger partial charge on any atom is -0.433 e. The smallest absolute Gasteiger partial charge is 0.332 e. The minimum atomic E-state index is -0.518. The first-order valence-corrected chi connectivity index (χ1v) is 3.76. The quantitative estimate of drug-likeness (QED) is 0.200. The summed E-state index contributed by atoms with van der Waals surface area (Å²) in [7, 11) is 0. The first-order valence-electron chi connectivity index (χ1n) is 3.76. The molecule has 12 heavy (non-hydrogen) atoms. The van der Waals surface area contributed by atoms with Crippen LogP contribution in [-0.2, 0) is 14.3 Å². The summed E-state index contributed by atoms with van der Waals surface area (Å²) in [5.74, 6) is -0.471. The first kappa shape index (κ1) is 10.9. The van der Waals surface area contributed by atoms with Crippen LogP contribution >= 0.6 is 0 Å². The standard InChI is InChI=1S/C9H14O3/c1-4-6-7-11-8(3)12-9(10)5-2/h4-5,8H,1-2,6-7H2,3H3. The van der Waals surface area contributed by atoms with Gasteiger partial charge >= 0.3 is 5.97 Å². The lowest BCUT2D eigenvalue weighted by Gasteiger charge is -2.11. The number of hydrogen-bond acceptors (Lipinski definition) is 3. The van der Waals surface area contributed by atoms with Gasteiger partial charge in [0.2, 0.25) is 0 Å². The van der Waals surface area contributed by atoms with Crippen LogP contribution in [0.4, 0.5) is 0 Å². The zero-order chi connectivity index (χ0) is 9.40. The average molecular weight is 170 g/mol. The van der Waals surface area contributed by atoms with Gasteiger partial charge in [0.1, 0.15) is 0 Å². The molecule has 0 aliphatic carbocycles. The summed E-state index contributed by atoms with van der Waals surface area (Å²) in [6.07, 6.45) is 3.07. The second-order valence-corrected chi connectivity index (χ2v) is 2.16. The van der Waals surface area contributed by atoms with Gasteiger partial charge in [0.15, 0.2) is 6.29 Å². The Morgan fingerprint density at radius 2 is 2.25 bits per heavy atom. The highest BCUT2D eigenvalue weighted by Crippen LogP contribution is 1.96. The molecule has 0 saturated carbocycles. The molecule has 3 nitrogen and oxygen atoms in total. The lowest BCUT2D eigenvalue weighted by molar-refractivity contribution is -0.168. The van der Waals surface area contributed by atoms with E-state index >= 15 is 0 Å². The highest BCUT2D eigenvalue weighted by atomic mass is 16.7. The zero-order valence-corrected chi connectivity index (χ0v) is 7.29. The molecule has 0 aromatic heterocycles. The van der Waals surface area contributed by atoms with Crippen molar-refractivity contribution in [3.05, 3.63) is 25.3 Å². The van der Waals surface area contributed by atoms with E-state index < -0.39 is 12.3 Å². The number of hydrogen-bond donors (Lipinski definition) is 0. The molecule has 0 heterocycles. The van der Waals surface area contributed by atoms with Gasteiger partial charge in [-0.3, -0.25) is 0 Å². The number of esters is 1. The maximum Gasteiger partial charge on any atom is 0.332 e. The zero-order valence-electron chi connectivity index (χ0n) is 7.29. The Morgan fingerprint density at radius 3 is 2.75 bits per heavy atom. The van der Waals surface area contributed by atoms with Crippen molar-refractivity contribution in [2.45, 2.75) is 19.6 Å². The molecule has 0 aliphatic heterocycles. The topological polar surface area (TPSA) is 35.5 Å². The summed E-state index contributed by atoms with van der Waals surface area (Å²) in [6.45, 7) is 8.96. The molecule has 0 aliphatic rings. The van der Waals surface area contributed by atoms with Crippen molar-refractivity contribution in [3.63, 3.8) is 0 Å². The third-order valence-electron chi connectivity index (χ3n) is 1.12. The SMILES string of the molecule is C=CCCOC(C)OC(=O)C=C. The second-order valence-electron chi connectivity index (χ2n) is 2.16. The van der Waals surface area contributed by atoms with Crippen molar-refractivity contribution < 1.29 is 14.3 Å². The van der Waals surface area contributed by atoms with Crippen molar-refractivity contribution in [1.82, 2.24) is 0 Å². The highest BCUT2D eigenvalue weighted by molar-refractivity contribution is 5.81. The van der Waals surface area contributed by atoms with Gasteiger partial charge < -0.3 is 9.47 Å². The van der Waals surface area contributed by atoms with Gasteiger partial charge in [-0.2, -0.15) is 0 Å². The van der Waals surface area contributed by atoms with E-state index in [1.807, 2.05) is 0 Å². The molecule has 0 N–H and O–H groups in total. The van der Waals surface area contributed by atoms with Gasteiger partial charge in [0.05, 0.1) is 6.61 Å². The molecule has 0 spiro atoms. The highest BCUT2D eigenvalue weighted by Gasteiger charge is 2.04. The van der Waals surface area contributed by atoms with Gasteiger partial charge in [-0.25, -0.2) is 4.79 Å². The molecular weight excluding hydrogens is 156 g/mol. The normalized spacial score (nSPS) is 11.8. The predicted molar refractivity (Wildman–Crippen MR) is 46.5 cm³/mol. The molecule has 1 atom stereocenters. The molecule has 0 saturated heterocycles. The van der Waals surface area contributed by atoms with Crippen LogP contribution in [0.25, 0.3) is 0 Å². The van der Waals surface area contributed by atoms with Crippen molar-refractivity contribution in [2.24, 2.45) is 0 Å². The molecule has 0 rings (SSSR count). The fraction of sp³-hybridized carbons (Fsp3) is 0.444. The Hall–Kier alpha value is -1.09. The Morgan fingerprint density at radius 1 is 1.58 bits per heavy atom. The van der Waals surface area contributed by atoms with Gasteiger partial charge in [-0.1, -0.05) is 12.7 Å². The molecule has 0 bridgehead atoms. The third-order valence-corrected chi connectivity index (χ3v) is 1.12. The van der Waals surface area contributed by atoms with Crippen LogP contribution in [0, 0.1) is 0 Å². The molecule has 1 unspecified atom stereocenters. The van der Waals surface area contributed by atoms with Crippen molar-refractivity contribution in [3.8, 4) is 0 Å². The van der Waals surface area contributed by atoms with Crippen LogP contribution in [0.2, 0.25) is 0 Å². The van der Waals surface area contributed by atoms with E-state index in [-0.39, 0.29) is 0 Å². The number of rotatable bonds is 6. The van der Waals surface area contributed by atoms with Gasteiger partial charge in [-0.05, 0) is 13.3 Å². The van der Waals surface area contributed by atoms with E-state index in [2.05, 4.69) is 13.2 Å². The van der Waals surface area contributed by atoms with Crippen LogP contribution in [-0.4, -0.2) is 18.9 Å². The molecule has 3 heteroatoms. The van der Waals surface area contributed by atoms with E-state index in [1.54, 1.807) is 13.0 Å². The molecule has 0 aromatic rings. The maximum absolute atomic E-state index is 10.6. The molecule has 68 valence electrons. The monoisotopic (exact) mass is 170 g/mol. The van der Waals surface area contributed by atoms with E-state index in [0.717, 1.165) is 12.5 Å². The molecule has 0 amide bonds. The van der Waals surface area contributed by atoms with Gasteiger partial charge in [0.25, 0.3) is 0 Å². The van der Waals surface area contributed by atoms with E-state index in [0.29, 0.717) is 6.61 Å². The molecule has 0 aromatic carbocycles. The first-order chi connectivity index (χ1) is 5.70.